The lowest BCUT2D eigenvalue weighted by atomic mass is 10.1. The first-order chi connectivity index (χ1) is 15.5. The average Bonchev–Trinajstić information content (AvgIpc) is 3.24. The molecule has 0 aliphatic rings. The molecule has 1 N–H and O–H groups in total. The fraction of sp³-hybridized carbons (Fsp3) is 0.167. The number of anilines is 1. The highest BCUT2D eigenvalue weighted by atomic mass is 79.9. The number of carbonyl (C=O) groups is 2. The number of allylic oxidation sites excluding steroid dienone is 1. The van der Waals surface area contributed by atoms with Crippen LogP contribution in [-0.2, 0) is 4.79 Å². The number of ketones is 1. The SMILES string of the molecule is CCOc1cc(/C=C/C(=O)c2cc(Br)cs2)ccc1OCC(=O)Nc1ccccc1OC. The second-order valence-corrected chi connectivity index (χ2v) is 8.33. The molecule has 1 amide bonds. The van der Waals surface area contributed by atoms with Gasteiger partial charge in [-0.3, -0.25) is 9.59 Å². The standard InChI is InChI=1S/C24H22BrNO5S/c1-3-30-22-12-16(8-10-19(27)23-13-17(25)15-32-23)9-11-21(22)31-14-24(28)26-18-6-4-5-7-20(18)29-2/h4-13,15H,3,14H2,1-2H3,(H,26,28)/b10-8+. The molecular formula is C24H22BrNO5S. The quantitative estimate of drug-likeness (QED) is 0.271. The van der Waals surface area contributed by atoms with Gasteiger partial charge in [0.05, 0.1) is 24.3 Å². The van der Waals surface area contributed by atoms with Gasteiger partial charge in [-0.25, -0.2) is 0 Å². The highest BCUT2D eigenvalue weighted by Crippen LogP contribution is 2.30. The van der Waals surface area contributed by atoms with Crippen LogP contribution in [0.2, 0.25) is 0 Å². The Labute approximate surface area is 198 Å². The number of thiophene rings is 1. The number of carbonyl (C=O) groups excluding carboxylic acids is 2. The molecule has 0 aliphatic heterocycles. The van der Waals surface area contributed by atoms with E-state index in [2.05, 4.69) is 21.2 Å². The summed E-state index contributed by atoms with van der Waals surface area (Å²) < 4.78 is 17.5. The lowest BCUT2D eigenvalue weighted by Gasteiger charge is -2.13. The molecule has 0 fully saturated rings. The van der Waals surface area contributed by atoms with Gasteiger partial charge in [0.25, 0.3) is 5.91 Å². The molecule has 1 aromatic heterocycles. The van der Waals surface area contributed by atoms with Crippen molar-refractivity contribution in [3.63, 3.8) is 0 Å². The Kier molecular flexibility index (Phi) is 8.47. The van der Waals surface area contributed by atoms with Gasteiger partial charge in [0.1, 0.15) is 5.75 Å². The van der Waals surface area contributed by atoms with Crippen LogP contribution < -0.4 is 19.5 Å². The van der Waals surface area contributed by atoms with Crippen LogP contribution in [-0.4, -0.2) is 32.0 Å². The number of methoxy groups -OCH3 is 1. The number of halogens is 1. The predicted octanol–water partition coefficient (Wildman–Crippen LogP) is 5.83. The molecule has 0 spiro atoms. The molecule has 3 rings (SSSR count). The summed E-state index contributed by atoms with van der Waals surface area (Å²) in [5, 5.41) is 4.63. The highest BCUT2D eigenvalue weighted by Gasteiger charge is 2.11. The van der Waals surface area contributed by atoms with Gasteiger partial charge in [-0.05, 0) is 64.8 Å². The Morgan fingerprint density at radius 1 is 1.06 bits per heavy atom. The van der Waals surface area contributed by atoms with E-state index in [0.29, 0.717) is 34.4 Å². The van der Waals surface area contributed by atoms with E-state index in [0.717, 1.165) is 10.0 Å². The summed E-state index contributed by atoms with van der Waals surface area (Å²) >= 11 is 4.73. The van der Waals surface area contributed by atoms with Gasteiger partial charge in [0.15, 0.2) is 23.9 Å². The predicted molar refractivity (Wildman–Crippen MR) is 130 cm³/mol. The van der Waals surface area contributed by atoms with E-state index >= 15 is 0 Å². The summed E-state index contributed by atoms with van der Waals surface area (Å²) in [5.41, 5.74) is 1.35. The van der Waals surface area contributed by atoms with Crippen LogP contribution in [0.25, 0.3) is 6.08 Å². The van der Waals surface area contributed by atoms with Gasteiger partial charge < -0.3 is 19.5 Å². The fourth-order valence-corrected chi connectivity index (χ4v) is 4.14. The molecule has 2 aromatic carbocycles. The molecule has 0 atom stereocenters. The molecule has 0 saturated heterocycles. The van der Waals surface area contributed by atoms with Crippen molar-refractivity contribution in [1.82, 2.24) is 0 Å². The van der Waals surface area contributed by atoms with Crippen molar-refractivity contribution in [3.8, 4) is 17.2 Å². The van der Waals surface area contributed by atoms with Gasteiger partial charge in [0, 0.05) is 9.85 Å². The number of ether oxygens (including phenoxy) is 3. The summed E-state index contributed by atoms with van der Waals surface area (Å²) in [6.45, 7) is 2.09. The summed E-state index contributed by atoms with van der Waals surface area (Å²) in [6, 6.07) is 14.2. The van der Waals surface area contributed by atoms with E-state index < -0.39 is 0 Å². The molecule has 166 valence electrons. The summed E-state index contributed by atoms with van der Waals surface area (Å²) in [5.74, 6) is 1.09. The number of hydrogen-bond acceptors (Lipinski definition) is 6. The minimum atomic E-state index is -0.325. The zero-order valence-electron chi connectivity index (χ0n) is 17.6. The minimum absolute atomic E-state index is 0.0769. The third-order valence-corrected chi connectivity index (χ3v) is 5.95. The molecule has 6 nitrogen and oxygen atoms in total. The number of nitrogens with one attached hydrogen (secondary N) is 1. The number of benzene rings is 2. The maximum atomic E-state index is 12.3. The number of para-hydroxylation sites is 2. The Hall–Kier alpha value is -3.10. The number of amides is 1. The maximum Gasteiger partial charge on any atom is 0.262 e. The average molecular weight is 516 g/mol. The molecule has 0 unspecified atom stereocenters. The Morgan fingerprint density at radius 2 is 1.88 bits per heavy atom. The molecule has 0 saturated carbocycles. The van der Waals surface area contributed by atoms with Crippen molar-refractivity contribution in [3.05, 3.63) is 74.9 Å². The number of rotatable bonds is 10. The first kappa shape index (κ1) is 23.6. The Balaban J connectivity index is 1.65. The van der Waals surface area contributed by atoms with Crippen molar-refractivity contribution in [2.75, 3.05) is 25.6 Å². The normalized spacial score (nSPS) is 10.7. The van der Waals surface area contributed by atoms with Gasteiger partial charge in [0.2, 0.25) is 0 Å². The topological polar surface area (TPSA) is 73.9 Å². The molecule has 8 heteroatoms. The van der Waals surface area contributed by atoms with Crippen LogP contribution in [0.15, 0.2) is 64.5 Å². The van der Waals surface area contributed by atoms with E-state index in [1.54, 1.807) is 55.7 Å². The molecule has 0 aliphatic carbocycles. The largest absolute Gasteiger partial charge is 0.495 e. The third-order valence-electron chi connectivity index (χ3n) is 4.24. The lowest BCUT2D eigenvalue weighted by molar-refractivity contribution is -0.118. The molecule has 0 bridgehead atoms. The van der Waals surface area contributed by atoms with E-state index in [9.17, 15) is 9.59 Å². The van der Waals surface area contributed by atoms with E-state index in [1.165, 1.54) is 17.4 Å². The first-order valence-corrected chi connectivity index (χ1v) is 11.5. The van der Waals surface area contributed by atoms with Crippen LogP contribution in [0, 0.1) is 0 Å². The Morgan fingerprint density at radius 3 is 2.59 bits per heavy atom. The van der Waals surface area contributed by atoms with Crippen LogP contribution in [0.5, 0.6) is 17.2 Å². The van der Waals surface area contributed by atoms with Gasteiger partial charge in [-0.15, -0.1) is 11.3 Å². The van der Waals surface area contributed by atoms with Crippen LogP contribution >= 0.6 is 27.3 Å². The van der Waals surface area contributed by atoms with Crippen molar-refractivity contribution in [1.29, 1.82) is 0 Å². The Bertz CT molecular complexity index is 1130. The summed E-state index contributed by atoms with van der Waals surface area (Å²) in [6.07, 6.45) is 3.24. The van der Waals surface area contributed by atoms with Gasteiger partial charge >= 0.3 is 0 Å². The summed E-state index contributed by atoms with van der Waals surface area (Å²) in [4.78, 5) is 25.2. The molecular weight excluding hydrogens is 494 g/mol. The minimum Gasteiger partial charge on any atom is -0.495 e. The van der Waals surface area contributed by atoms with Crippen molar-refractivity contribution >= 4 is 50.7 Å². The lowest BCUT2D eigenvalue weighted by Crippen LogP contribution is -2.20. The third kappa shape index (κ3) is 6.45. The smallest absolute Gasteiger partial charge is 0.262 e. The first-order valence-electron chi connectivity index (χ1n) is 9.79. The molecule has 3 aromatic rings. The number of hydrogen-bond donors (Lipinski definition) is 1. The van der Waals surface area contributed by atoms with Crippen LogP contribution in [0.4, 0.5) is 5.69 Å². The molecule has 1 heterocycles. The van der Waals surface area contributed by atoms with Crippen molar-refractivity contribution in [2.45, 2.75) is 6.92 Å². The highest BCUT2D eigenvalue weighted by molar-refractivity contribution is 9.10. The van der Waals surface area contributed by atoms with Crippen LogP contribution in [0.1, 0.15) is 22.2 Å². The monoisotopic (exact) mass is 515 g/mol. The fourth-order valence-electron chi connectivity index (χ4n) is 2.79. The zero-order valence-corrected chi connectivity index (χ0v) is 20.0. The second-order valence-electron chi connectivity index (χ2n) is 6.50. The van der Waals surface area contributed by atoms with E-state index in [-0.39, 0.29) is 18.3 Å². The van der Waals surface area contributed by atoms with Gasteiger partial charge in [-0.1, -0.05) is 24.3 Å². The molecule has 32 heavy (non-hydrogen) atoms. The summed E-state index contributed by atoms with van der Waals surface area (Å²) in [7, 11) is 1.54. The molecule has 0 radical (unpaired) electrons. The second kappa shape index (κ2) is 11.5. The van der Waals surface area contributed by atoms with Crippen molar-refractivity contribution < 1.29 is 23.8 Å². The van der Waals surface area contributed by atoms with E-state index in [4.69, 9.17) is 14.2 Å². The van der Waals surface area contributed by atoms with Gasteiger partial charge in [-0.2, -0.15) is 0 Å². The maximum absolute atomic E-state index is 12.3. The van der Waals surface area contributed by atoms with Crippen LogP contribution in [0.3, 0.4) is 0 Å². The zero-order chi connectivity index (χ0) is 22.9. The van der Waals surface area contributed by atoms with E-state index in [1.807, 2.05) is 18.4 Å². The van der Waals surface area contributed by atoms with Crippen molar-refractivity contribution in [2.24, 2.45) is 0 Å².